The molecule has 1 aromatic rings. The summed E-state index contributed by atoms with van der Waals surface area (Å²) in [4.78, 5) is 23.4. The summed E-state index contributed by atoms with van der Waals surface area (Å²) in [5.41, 5.74) is 6.85. The van der Waals surface area contributed by atoms with Gasteiger partial charge in [-0.15, -0.1) is 0 Å². The lowest BCUT2D eigenvalue weighted by atomic mass is 10.0. The number of carbonyl (C=O) groups excluding carboxylic acids is 2. The Balaban J connectivity index is 2.79. The zero-order valence-electron chi connectivity index (χ0n) is 12.4. The minimum absolute atomic E-state index is 0.000539. The van der Waals surface area contributed by atoms with Crippen molar-refractivity contribution in [3.63, 3.8) is 0 Å². The molecule has 0 aliphatic carbocycles. The highest BCUT2D eigenvalue weighted by atomic mass is 16.6. The standard InChI is InChI=1S/C15H22N2O3/c1-10-9-11(13(18)7-8-16)5-6-12(10)17-14(19)20-15(2,3)4/h5-6,9H,7-8,16H2,1-4H3,(H,17,19). The predicted octanol–water partition coefficient (Wildman–Crippen LogP) is 2.87. The van der Waals surface area contributed by atoms with Gasteiger partial charge >= 0.3 is 6.09 Å². The summed E-state index contributed by atoms with van der Waals surface area (Å²) < 4.78 is 5.18. The number of carbonyl (C=O) groups is 2. The third kappa shape index (κ3) is 5.01. The molecule has 0 radical (unpaired) electrons. The summed E-state index contributed by atoms with van der Waals surface area (Å²) in [7, 11) is 0. The summed E-state index contributed by atoms with van der Waals surface area (Å²) in [5, 5.41) is 2.67. The van der Waals surface area contributed by atoms with Gasteiger partial charge < -0.3 is 10.5 Å². The molecule has 110 valence electrons. The molecule has 1 rings (SSSR count). The Morgan fingerprint density at radius 2 is 1.95 bits per heavy atom. The van der Waals surface area contributed by atoms with Crippen molar-refractivity contribution in [3.05, 3.63) is 29.3 Å². The largest absolute Gasteiger partial charge is 0.444 e. The highest BCUT2D eigenvalue weighted by Crippen LogP contribution is 2.19. The van der Waals surface area contributed by atoms with Gasteiger partial charge in [0.05, 0.1) is 0 Å². The van der Waals surface area contributed by atoms with E-state index in [0.29, 0.717) is 24.2 Å². The van der Waals surface area contributed by atoms with E-state index in [0.717, 1.165) is 5.56 Å². The van der Waals surface area contributed by atoms with Crippen molar-refractivity contribution in [3.8, 4) is 0 Å². The number of rotatable bonds is 4. The van der Waals surface area contributed by atoms with Gasteiger partial charge in [0, 0.05) is 17.7 Å². The normalized spacial score (nSPS) is 11.1. The molecule has 1 amide bonds. The van der Waals surface area contributed by atoms with E-state index in [4.69, 9.17) is 10.5 Å². The van der Waals surface area contributed by atoms with Crippen LogP contribution in [-0.2, 0) is 4.74 Å². The second-order valence-corrected chi connectivity index (χ2v) is 5.62. The summed E-state index contributed by atoms with van der Waals surface area (Å²) in [5.74, 6) is -0.000539. The number of hydrogen-bond donors (Lipinski definition) is 2. The molecule has 0 aromatic heterocycles. The van der Waals surface area contributed by atoms with Crippen LogP contribution in [0.3, 0.4) is 0 Å². The molecular weight excluding hydrogens is 256 g/mol. The molecule has 0 aliphatic heterocycles. The molecule has 0 saturated heterocycles. The van der Waals surface area contributed by atoms with Crippen molar-refractivity contribution >= 4 is 17.6 Å². The fourth-order valence-electron chi connectivity index (χ4n) is 1.67. The van der Waals surface area contributed by atoms with Gasteiger partial charge in [0.2, 0.25) is 0 Å². The van der Waals surface area contributed by atoms with E-state index in [1.165, 1.54) is 0 Å². The summed E-state index contributed by atoms with van der Waals surface area (Å²) in [6.45, 7) is 7.55. The fraction of sp³-hybridized carbons (Fsp3) is 0.467. The fourth-order valence-corrected chi connectivity index (χ4v) is 1.67. The quantitative estimate of drug-likeness (QED) is 0.830. The number of aryl methyl sites for hydroxylation is 1. The van der Waals surface area contributed by atoms with Gasteiger partial charge in [0.25, 0.3) is 0 Å². The molecule has 0 spiro atoms. The second-order valence-electron chi connectivity index (χ2n) is 5.62. The first-order chi connectivity index (χ1) is 9.23. The molecule has 5 heteroatoms. The van der Waals surface area contributed by atoms with Crippen LogP contribution in [-0.4, -0.2) is 24.0 Å². The highest BCUT2D eigenvalue weighted by Gasteiger charge is 2.17. The maximum Gasteiger partial charge on any atom is 0.412 e. The van der Waals surface area contributed by atoms with Crippen LogP contribution >= 0.6 is 0 Å². The van der Waals surface area contributed by atoms with Crippen LogP contribution in [0.4, 0.5) is 10.5 Å². The summed E-state index contributed by atoms with van der Waals surface area (Å²) >= 11 is 0. The molecular formula is C15H22N2O3. The number of amides is 1. The highest BCUT2D eigenvalue weighted by molar-refractivity contribution is 5.97. The molecule has 0 atom stereocenters. The lowest BCUT2D eigenvalue weighted by molar-refractivity contribution is 0.0635. The van der Waals surface area contributed by atoms with E-state index in [2.05, 4.69) is 5.32 Å². The number of Topliss-reactive ketones (excluding diaryl/α,β-unsaturated/α-hetero) is 1. The topological polar surface area (TPSA) is 81.4 Å². The number of hydrogen-bond acceptors (Lipinski definition) is 4. The Hall–Kier alpha value is -1.88. The van der Waals surface area contributed by atoms with E-state index in [-0.39, 0.29) is 5.78 Å². The molecule has 1 aromatic carbocycles. The Morgan fingerprint density at radius 1 is 1.30 bits per heavy atom. The summed E-state index contributed by atoms with van der Waals surface area (Å²) in [6.07, 6.45) is -0.195. The number of ketones is 1. The van der Waals surface area contributed by atoms with Crippen LogP contribution in [0, 0.1) is 6.92 Å². The first kappa shape index (κ1) is 16.2. The smallest absolute Gasteiger partial charge is 0.412 e. The van der Waals surface area contributed by atoms with Crippen LogP contribution in [0.15, 0.2) is 18.2 Å². The van der Waals surface area contributed by atoms with E-state index in [1.807, 2.05) is 6.92 Å². The van der Waals surface area contributed by atoms with Crippen molar-refractivity contribution in [1.29, 1.82) is 0 Å². The van der Waals surface area contributed by atoms with Crippen molar-refractivity contribution in [2.24, 2.45) is 5.73 Å². The van der Waals surface area contributed by atoms with Gasteiger partial charge in [0.1, 0.15) is 5.60 Å². The molecule has 20 heavy (non-hydrogen) atoms. The molecule has 5 nitrogen and oxygen atoms in total. The number of nitrogens with two attached hydrogens (primary N) is 1. The first-order valence-electron chi connectivity index (χ1n) is 6.57. The Labute approximate surface area is 119 Å². The van der Waals surface area contributed by atoms with Crippen molar-refractivity contribution in [2.45, 2.75) is 39.7 Å². The third-order valence-corrected chi connectivity index (χ3v) is 2.56. The molecule has 0 bridgehead atoms. The number of nitrogens with one attached hydrogen (secondary N) is 1. The average Bonchev–Trinajstić information content (AvgIpc) is 2.29. The van der Waals surface area contributed by atoms with Crippen LogP contribution < -0.4 is 11.1 Å². The Morgan fingerprint density at radius 3 is 2.45 bits per heavy atom. The molecule has 0 unspecified atom stereocenters. The van der Waals surface area contributed by atoms with Gasteiger partial charge in [-0.3, -0.25) is 10.1 Å². The maximum atomic E-state index is 11.7. The molecule has 0 saturated carbocycles. The van der Waals surface area contributed by atoms with Crippen LogP contribution in [0.2, 0.25) is 0 Å². The molecule has 3 N–H and O–H groups in total. The van der Waals surface area contributed by atoms with Crippen molar-refractivity contribution < 1.29 is 14.3 Å². The number of ether oxygens (including phenoxy) is 1. The number of anilines is 1. The Kier molecular flexibility index (Phi) is 5.27. The Bertz CT molecular complexity index is 504. The lowest BCUT2D eigenvalue weighted by Crippen LogP contribution is -2.27. The second kappa shape index (κ2) is 6.52. The first-order valence-corrected chi connectivity index (χ1v) is 6.57. The van der Waals surface area contributed by atoms with Crippen LogP contribution in [0.1, 0.15) is 43.1 Å². The molecule has 0 aliphatic rings. The maximum absolute atomic E-state index is 11.7. The SMILES string of the molecule is Cc1cc(C(=O)CCN)ccc1NC(=O)OC(C)(C)C. The van der Waals surface area contributed by atoms with Gasteiger partial charge in [-0.2, -0.15) is 0 Å². The molecule has 0 fully saturated rings. The monoisotopic (exact) mass is 278 g/mol. The van der Waals surface area contributed by atoms with Gasteiger partial charge in [-0.05, 0) is 58.0 Å². The van der Waals surface area contributed by atoms with Gasteiger partial charge in [-0.1, -0.05) is 0 Å². The van der Waals surface area contributed by atoms with E-state index >= 15 is 0 Å². The summed E-state index contributed by atoms with van der Waals surface area (Å²) in [6, 6.07) is 5.12. The van der Waals surface area contributed by atoms with E-state index in [9.17, 15) is 9.59 Å². The van der Waals surface area contributed by atoms with Crippen molar-refractivity contribution in [2.75, 3.05) is 11.9 Å². The minimum Gasteiger partial charge on any atom is -0.444 e. The van der Waals surface area contributed by atoms with Crippen molar-refractivity contribution in [1.82, 2.24) is 0 Å². The van der Waals surface area contributed by atoms with Gasteiger partial charge in [0.15, 0.2) is 5.78 Å². The molecule has 0 heterocycles. The van der Waals surface area contributed by atoms with E-state index < -0.39 is 11.7 Å². The van der Waals surface area contributed by atoms with Gasteiger partial charge in [-0.25, -0.2) is 4.79 Å². The lowest BCUT2D eigenvalue weighted by Gasteiger charge is -2.20. The predicted molar refractivity (Wildman–Crippen MR) is 79.0 cm³/mol. The zero-order chi connectivity index (χ0) is 15.3. The zero-order valence-corrected chi connectivity index (χ0v) is 12.4. The number of benzene rings is 1. The van der Waals surface area contributed by atoms with E-state index in [1.54, 1.807) is 39.0 Å². The van der Waals surface area contributed by atoms with Crippen LogP contribution in [0.5, 0.6) is 0 Å². The third-order valence-electron chi connectivity index (χ3n) is 2.56. The van der Waals surface area contributed by atoms with Crippen LogP contribution in [0.25, 0.3) is 0 Å². The average molecular weight is 278 g/mol. The minimum atomic E-state index is -0.547.